The van der Waals surface area contributed by atoms with Crippen LogP contribution in [0.15, 0.2) is 12.3 Å². The highest BCUT2D eigenvalue weighted by Gasteiger charge is 2.66. The number of aliphatic hydroxyl groups is 1. The summed E-state index contributed by atoms with van der Waals surface area (Å²) in [5.74, 6) is -5.47. The number of alkyl halides is 1. The van der Waals surface area contributed by atoms with Gasteiger partial charge in [-0.15, -0.1) is 0 Å². The molecule has 1 amide bonds. The van der Waals surface area contributed by atoms with Gasteiger partial charge in [0.15, 0.2) is 31.0 Å². The van der Waals surface area contributed by atoms with E-state index < -0.39 is 119 Å². The Bertz CT molecular complexity index is 1290. The number of esters is 4. The largest absolute Gasteiger partial charge is 0.480 e. The van der Waals surface area contributed by atoms with Gasteiger partial charge in [0.1, 0.15) is 18.3 Å². The van der Waals surface area contributed by atoms with Crippen LogP contribution in [-0.4, -0.2) is 114 Å². The fraction of sp³-hybridized carbons (Fsp3) is 0.759. The minimum absolute atomic E-state index is 0.280. The van der Waals surface area contributed by atoms with E-state index >= 15 is 4.39 Å². The normalized spacial score (nSPS) is 26.1. The number of carbonyl (C=O) groups excluding carboxylic acids is 5. The Morgan fingerprint density at radius 3 is 2.00 bits per heavy atom. The third-order valence-corrected chi connectivity index (χ3v) is 8.79. The van der Waals surface area contributed by atoms with Gasteiger partial charge < -0.3 is 39.4 Å². The van der Waals surface area contributed by atoms with Gasteiger partial charge in [0.05, 0.1) is 18.4 Å². The molecule has 2 unspecified atom stereocenters. The summed E-state index contributed by atoms with van der Waals surface area (Å²) in [4.78, 5) is 63.0. The van der Waals surface area contributed by atoms with E-state index in [1.807, 2.05) is 0 Å². The number of nitrogens with zero attached hydrogens (tertiary/aromatic N) is 2. The first-order valence-corrected chi connectivity index (χ1v) is 17.0. The van der Waals surface area contributed by atoms with Crippen molar-refractivity contribution >= 4 is 37.6 Å². The van der Waals surface area contributed by atoms with Crippen LogP contribution in [0.4, 0.5) is 4.39 Å². The van der Waals surface area contributed by atoms with E-state index in [9.17, 15) is 33.6 Å². The maximum absolute atomic E-state index is 15.2. The zero-order valence-corrected chi connectivity index (χ0v) is 30.2. The Morgan fingerprint density at radius 2 is 1.54 bits per heavy atom. The summed E-state index contributed by atoms with van der Waals surface area (Å²) in [7, 11) is -4.91. The van der Waals surface area contributed by atoms with E-state index in [0.717, 1.165) is 35.9 Å². The van der Waals surface area contributed by atoms with Crippen molar-refractivity contribution in [3.8, 4) is 0 Å². The van der Waals surface area contributed by atoms with Gasteiger partial charge in [-0.25, -0.2) is 18.0 Å². The number of hydrogen-bond acceptors (Lipinski definition) is 18. The number of halogens is 1. The van der Waals surface area contributed by atoms with Crippen LogP contribution >= 0.6 is 7.82 Å². The van der Waals surface area contributed by atoms with Gasteiger partial charge in [0.25, 0.3) is 5.91 Å². The molecule has 0 spiro atoms. The van der Waals surface area contributed by atoms with Crippen LogP contribution < -0.4 is 11.5 Å². The van der Waals surface area contributed by atoms with E-state index in [2.05, 4.69) is 0 Å². The number of phosphoric ester groups is 1. The molecule has 5 N–H and O–H groups in total. The third-order valence-electron chi connectivity index (χ3n) is 7.50. The lowest BCUT2D eigenvalue weighted by molar-refractivity contribution is -0.188. The molecule has 0 saturated carbocycles. The van der Waals surface area contributed by atoms with E-state index in [-0.39, 0.29) is 5.92 Å². The molecule has 0 aliphatic carbocycles. The fourth-order valence-electron chi connectivity index (χ4n) is 4.49. The summed E-state index contributed by atoms with van der Waals surface area (Å²) < 4.78 is 70.5. The minimum atomic E-state index is -4.91. The molecule has 1 saturated heterocycles. The summed E-state index contributed by atoms with van der Waals surface area (Å²) in [5.41, 5.74) is 7.34. The summed E-state index contributed by atoms with van der Waals surface area (Å²) in [6.45, 7) is 6.30. The predicted molar refractivity (Wildman–Crippen MR) is 167 cm³/mol. The molecule has 0 bridgehead atoms. The van der Waals surface area contributed by atoms with Gasteiger partial charge in [0, 0.05) is 19.2 Å². The molecule has 50 heavy (non-hydrogen) atoms. The average Bonchev–Trinajstić information content (AvgIpc) is 3.24. The van der Waals surface area contributed by atoms with Crippen molar-refractivity contribution < 1.29 is 75.3 Å². The van der Waals surface area contributed by atoms with Crippen LogP contribution in [0.3, 0.4) is 0 Å². The van der Waals surface area contributed by atoms with Crippen molar-refractivity contribution in [1.29, 1.82) is 0 Å². The summed E-state index contributed by atoms with van der Waals surface area (Å²) in [5, 5.41) is 11.7. The highest BCUT2D eigenvalue weighted by atomic mass is 31.2. The summed E-state index contributed by atoms with van der Waals surface area (Å²) >= 11 is 0. The molecule has 2 aliphatic rings. The third kappa shape index (κ3) is 10.6. The van der Waals surface area contributed by atoms with Crippen molar-refractivity contribution in [2.45, 2.75) is 91.3 Å². The summed E-state index contributed by atoms with van der Waals surface area (Å²) in [6, 6.07) is -1.00. The molecule has 2 rings (SSSR count). The molecular formula is C29H48FN4O15P. The van der Waals surface area contributed by atoms with E-state index in [0.29, 0.717) is 0 Å². The van der Waals surface area contributed by atoms with Gasteiger partial charge in [-0.1, -0.05) is 41.5 Å². The second-order valence-electron chi connectivity index (χ2n) is 12.7. The molecule has 2 heterocycles. The molecule has 0 aromatic carbocycles. The number of amides is 1. The van der Waals surface area contributed by atoms with Gasteiger partial charge in [-0.05, 0) is 12.8 Å². The highest BCUT2D eigenvalue weighted by molar-refractivity contribution is 7.48. The number of carbonyl (C=O) groups is 5. The van der Waals surface area contributed by atoms with Crippen LogP contribution in [0, 0.1) is 17.8 Å². The highest BCUT2D eigenvalue weighted by Crippen LogP contribution is 2.52. The van der Waals surface area contributed by atoms with Crippen molar-refractivity contribution in [1.82, 2.24) is 9.80 Å². The molecule has 0 radical (unpaired) electrons. The van der Waals surface area contributed by atoms with Crippen molar-refractivity contribution in [2.24, 2.45) is 29.2 Å². The second-order valence-corrected chi connectivity index (χ2v) is 14.4. The Hall–Kier alpha value is -3.23. The molecule has 6 atom stereocenters. The quantitative estimate of drug-likeness (QED) is 0.0751. The number of hydrogen-bond donors (Lipinski definition) is 3. The molecule has 286 valence electrons. The number of rotatable bonds is 18. The first-order valence-electron chi connectivity index (χ1n) is 15.6. The van der Waals surface area contributed by atoms with Crippen LogP contribution in [0.25, 0.3) is 0 Å². The lowest BCUT2D eigenvalue weighted by atomic mass is 9.88. The Kier molecular flexibility index (Phi) is 15.3. The monoisotopic (exact) mass is 742 g/mol. The van der Waals surface area contributed by atoms with Gasteiger partial charge >= 0.3 is 31.7 Å². The van der Waals surface area contributed by atoms with Gasteiger partial charge in [-0.2, -0.15) is 0 Å². The first kappa shape index (κ1) is 42.9. The lowest BCUT2D eigenvalue weighted by Crippen LogP contribution is -2.64. The topological polar surface area (TPSA) is 255 Å². The number of phosphoric acid groups is 1. The van der Waals surface area contributed by atoms with E-state index in [4.69, 9.17) is 48.7 Å². The van der Waals surface area contributed by atoms with Crippen LogP contribution in [0.2, 0.25) is 0 Å². The average molecular weight is 743 g/mol. The van der Waals surface area contributed by atoms with Crippen molar-refractivity contribution in [2.75, 3.05) is 33.6 Å². The van der Waals surface area contributed by atoms with Gasteiger partial charge in [0.2, 0.25) is 13.6 Å². The number of ether oxygens (including phenoxy) is 5. The maximum atomic E-state index is 15.2. The van der Waals surface area contributed by atoms with Crippen LogP contribution in [0.1, 0.15) is 55.4 Å². The molecular weight excluding hydrogens is 694 g/mol. The predicted octanol–water partition coefficient (Wildman–Crippen LogP) is 0.589. The Labute approximate surface area is 289 Å². The zero-order valence-electron chi connectivity index (χ0n) is 29.3. The fourth-order valence-corrected chi connectivity index (χ4v) is 5.45. The molecule has 19 nitrogen and oxygen atoms in total. The Morgan fingerprint density at radius 1 is 1.00 bits per heavy atom. The molecule has 2 aliphatic heterocycles. The zero-order chi connectivity index (χ0) is 38.2. The van der Waals surface area contributed by atoms with Gasteiger partial charge in [-0.3, -0.25) is 39.1 Å². The molecule has 1 fully saturated rings. The molecule has 21 heteroatoms. The van der Waals surface area contributed by atoms with Crippen molar-refractivity contribution in [3.05, 3.63) is 12.3 Å². The standard InChI is InChI=1S/C29H48FN4O15P/c1-16(2)21(31)24(39)42-13-34-20(36)9-10-33(27(34)32)26-28(8,40)25(48-19(7)35)29(11-30,49-26)12-45-50(41,46-14-43-22(37)17(3)4)47-15-44-23(38)18(5)6/h9-10,16-18,21,25-27,40H,11-15,31-32H2,1-8H3/t21?,25-,26+,27?,28+,29+/m0/s1. The van der Waals surface area contributed by atoms with E-state index in [1.54, 1.807) is 13.8 Å². The first-order chi connectivity index (χ1) is 23.1. The lowest BCUT2D eigenvalue weighted by Gasteiger charge is -2.44. The molecule has 0 aromatic heterocycles. The minimum Gasteiger partial charge on any atom is -0.456 e. The summed E-state index contributed by atoms with van der Waals surface area (Å²) in [6.07, 6.45) is -3.00. The van der Waals surface area contributed by atoms with Crippen LogP contribution in [0.5, 0.6) is 0 Å². The smallest absolute Gasteiger partial charge is 0.456 e. The maximum Gasteiger partial charge on any atom is 0.480 e. The van der Waals surface area contributed by atoms with Crippen LogP contribution in [-0.2, 0) is 65.8 Å². The second kappa shape index (κ2) is 17.8. The van der Waals surface area contributed by atoms with Crippen molar-refractivity contribution in [3.63, 3.8) is 0 Å². The Balaban J connectivity index is 2.40. The molecule has 0 aromatic rings. The SMILES string of the molecule is CC(=O)O[C@@H]1[C@@](CF)(COP(=O)(OCOC(=O)C(C)C)OCOC(=O)C(C)C)O[C@@H](N2C=CC(=O)N(COC(=O)C(N)C(C)C)C2N)[C@]1(C)O. The number of nitrogens with two attached hydrogens (primary N) is 2. The van der Waals surface area contributed by atoms with E-state index in [1.165, 1.54) is 27.7 Å².